The van der Waals surface area contributed by atoms with Gasteiger partial charge in [0.15, 0.2) is 6.61 Å². The van der Waals surface area contributed by atoms with Gasteiger partial charge in [-0.05, 0) is 85.6 Å². The van der Waals surface area contributed by atoms with Crippen LogP contribution in [0.1, 0.15) is 56.1 Å². The van der Waals surface area contributed by atoms with E-state index >= 15 is 0 Å². The number of allylic oxidation sites excluding steroid dienone is 7. The van der Waals surface area contributed by atoms with Gasteiger partial charge < -0.3 is 14.7 Å². The molecule has 1 heterocycles. The molecule has 0 spiro atoms. The molecule has 3 aliphatic rings. The molecule has 1 aromatic rings. The molecule has 0 atom stereocenters. The van der Waals surface area contributed by atoms with Crippen LogP contribution in [0.4, 0.5) is 0 Å². The molecule has 4 rings (SSSR count). The Hall–Kier alpha value is -2.59. The summed E-state index contributed by atoms with van der Waals surface area (Å²) >= 11 is 0. The van der Waals surface area contributed by atoms with Crippen molar-refractivity contribution in [1.82, 2.24) is 4.90 Å². The zero-order chi connectivity index (χ0) is 22.2. The Labute approximate surface area is 192 Å². The third-order valence-corrected chi connectivity index (χ3v) is 6.86. The lowest BCUT2D eigenvalue weighted by molar-refractivity contribution is -0.136. The second kappa shape index (κ2) is 11.3. The van der Waals surface area contributed by atoms with Gasteiger partial charge in [-0.3, -0.25) is 4.79 Å². The maximum absolute atomic E-state index is 12.8. The van der Waals surface area contributed by atoms with Crippen LogP contribution in [0.25, 0.3) is 0 Å². The lowest BCUT2D eigenvalue weighted by Gasteiger charge is -2.32. The molecule has 0 aromatic heterocycles. The van der Waals surface area contributed by atoms with Crippen LogP contribution in [0.3, 0.4) is 0 Å². The first-order valence-corrected chi connectivity index (χ1v) is 12.1. The van der Waals surface area contributed by atoms with Gasteiger partial charge in [-0.25, -0.2) is 0 Å². The first kappa shape index (κ1) is 22.6. The number of ether oxygens (including phenoxy) is 1. The molecule has 1 aliphatic heterocycles. The first-order valence-electron chi connectivity index (χ1n) is 12.1. The molecule has 1 amide bonds. The highest BCUT2D eigenvalue weighted by molar-refractivity contribution is 5.77. The fraction of sp³-hybridized carbons (Fsp3) is 0.464. The summed E-state index contributed by atoms with van der Waals surface area (Å²) in [5.41, 5.74) is 4.89. The molecule has 170 valence electrons. The fourth-order valence-corrected chi connectivity index (χ4v) is 4.91. The standard InChI is InChI=1S/C28H35NO3/c30-20-24-8-6-7-23(19-24)14-13-22-15-17-29(18-16-22)28(31)21-32-27-12-5-4-11-26(27)25-9-2-1-3-10-25/h1-2,5-9,12,19,22,30H,3-4,10-11,13-18,20-21H2. The van der Waals surface area contributed by atoms with Crippen molar-refractivity contribution in [3.05, 3.63) is 82.7 Å². The number of rotatable bonds is 8. The number of likely N-dealkylation sites (tertiary alicyclic amines) is 1. The Morgan fingerprint density at radius 2 is 1.91 bits per heavy atom. The lowest BCUT2D eigenvalue weighted by atomic mass is 9.90. The van der Waals surface area contributed by atoms with Crippen molar-refractivity contribution < 1.29 is 14.6 Å². The van der Waals surface area contributed by atoms with Crippen molar-refractivity contribution in [2.45, 2.75) is 58.0 Å². The number of aliphatic hydroxyl groups excluding tert-OH is 1. The quantitative estimate of drug-likeness (QED) is 0.609. The smallest absolute Gasteiger partial charge is 0.260 e. The van der Waals surface area contributed by atoms with Crippen molar-refractivity contribution in [3.8, 4) is 0 Å². The van der Waals surface area contributed by atoms with Crippen LogP contribution in [0.5, 0.6) is 0 Å². The maximum Gasteiger partial charge on any atom is 0.260 e. The van der Waals surface area contributed by atoms with Gasteiger partial charge in [0.05, 0.1) is 6.61 Å². The average Bonchev–Trinajstić information content (AvgIpc) is 2.87. The van der Waals surface area contributed by atoms with E-state index in [4.69, 9.17) is 4.74 Å². The number of nitrogens with zero attached hydrogens (tertiary/aromatic N) is 1. The third-order valence-electron chi connectivity index (χ3n) is 6.86. The number of hydrogen-bond donors (Lipinski definition) is 1. The molecule has 2 aliphatic carbocycles. The Bertz CT molecular complexity index is 916. The molecule has 1 N–H and O–H groups in total. The van der Waals surface area contributed by atoms with Crippen molar-refractivity contribution >= 4 is 5.91 Å². The van der Waals surface area contributed by atoms with E-state index in [1.807, 2.05) is 23.1 Å². The Kier molecular flexibility index (Phi) is 8.00. The van der Waals surface area contributed by atoms with Crippen molar-refractivity contribution in [2.24, 2.45) is 5.92 Å². The SMILES string of the molecule is O=C(COC1=C(C2=CC=CCC2)CCC=C1)N1CCC(CCc2cccc(CO)c2)CC1. The number of piperidine rings is 1. The van der Waals surface area contributed by atoms with E-state index in [0.29, 0.717) is 5.92 Å². The minimum atomic E-state index is 0.0965. The van der Waals surface area contributed by atoms with Crippen LogP contribution in [-0.4, -0.2) is 35.6 Å². The lowest BCUT2D eigenvalue weighted by Crippen LogP contribution is -2.40. The summed E-state index contributed by atoms with van der Waals surface area (Å²) < 4.78 is 6.03. The van der Waals surface area contributed by atoms with E-state index in [9.17, 15) is 9.90 Å². The summed E-state index contributed by atoms with van der Waals surface area (Å²) in [5, 5.41) is 9.31. The number of aliphatic hydroxyl groups is 1. The van der Waals surface area contributed by atoms with Crippen LogP contribution in [0.15, 0.2) is 71.6 Å². The summed E-state index contributed by atoms with van der Waals surface area (Å²) in [6, 6.07) is 8.21. The molecule has 1 aromatic carbocycles. The molecule has 1 saturated heterocycles. The second-order valence-electron chi connectivity index (χ2n) is 9.07. The summed E-state index contributed by atoms with van der Waals surface area (Å²) in [7, 11) is 0. The molecule has 4 nitrogen and oxygen atoms in total. The van der Waals surface area contributed by atoms with Gasteiger partial charge in [0.25, 0.3) is 5.91 Å². The van der Waals surface area contributed by atoms with Gasteiger partial charge in [-0.1, -0.05) is 48.6 Å². The predicted octanol–water partition coefficient (Wildman–Crippen LogP) is 5.25. The highest BCUT2D eigenvalue weighted by Gasteiger charge is 2.24. The van der Waals surface area contributed by atoms with Crippen molar-refractivity contribution in [1.29, 1.82) is 0 Å². The first-order chi connectivity index (χ1) is 15.7. The van der Waals surface area contributed by atoms with E-state index in [-0.39, 0.29) is 19.1 Å². The van der Waals surface area contributed by atoms with Gasteiger partial charge in [0, 0.05) is 13.1 Å². The van der Waals surface area contributed by atoms with Crippen LogP contribution in [-0.2, 0) is 22.6 Å². The van der Waals surface area contributed by atoms with Crippen LogP contribution >= 0.6 is 0 Å². The summed E-state index contributed by atoms with van der Waals surface area (Å²) in [5.74, 6) is 1.63. The van der Waals surface area contributed by atoms with E-state index in [0.717, 1.165) is 75.8 Å². The van der Waals surface area contributed by atoms with Crippen LogP contribution in [0, 0.1) is 5.92 Å². The van der Waals surface area contributed by atoms with Crippen LogP contribution in [0.2, 0.25) is 0 Å². The van der Waals surface area contributed by atoms with E-state index in [2.05, 4.69) is 36.4 Å². The zero-order valence-corrected chi connectivity index (χ0v) is 19.0. The average molecular weight is 434 g/mol. The molecule has 1 fully saturated rings. The molecule has 0 unspecified atom stereocenters. The summed E-state index contributed by atoms with van der Waals surface area (Å²) in [4.78, 5) is 14.8. The van der Waals surface area contributed by atoms with Gasteiger partial charge in [-0.2, -0.15) is 0 Å². The maximum atomic E-state index is 12.8. The summed E-state index contributed by atoms with van der Waals surface area (Å²) in [6.07, 6.45) is 19.1. The normalized spacial score (nSPS) is 19.3. The minimum absolute atomic E-state index is 0.0965. The van der Waals surface area contributed by atoms with Gasteiger partial charge >= 0.3 is 0 Å². The number of carbonyl (C=O) groups is 1. The highest BCUT2D eigenvalue weighted by atomic mass is 16.5. The van der Waals surface area contributed by atoms with Gasteiger partial charge in [0.2, 0.25) is 0 Å². The predicted molar refractivity (Wildman–Crippen MR) is 128 cm³/mol. The number of hydrogen-bond acceptors (Lipinski definition) is 3. The van der Waals surface area contributed by atoms with E-state index in [1.165, 1.54) is 16.7 Å². The molecule has 0 bridgehead atoms. The molecular weight excluding hydrogens is 398 g/mol. The minimum Gasteiger partial charge on any atom is -0.483 e. The Balaban J connectivity index is 1.24. The van der Waals surface area contributed by atoms with Crippen molar-refractivity contribution in [3.63, 3.8) is 0 Å². The second-order valence-corrected chi connectivity index (χ2v) is 9.07. The topological polar surface area (TPSA) is 49.8 Å². The molecule has 4 heteroatoms. The van der Waals surface area contributed by atoms with E-state index in [1.54, 1.807) is 0 Å². The van der Waals surface area contributed by atoms with E-state index < -0.39 is 0 Å². The number of aryl methyl sites for hydroxylation is 1. The zero-order valence-electron chi connectivity index (χ0n) is 19.0. The van der Waals surface area contributed by atoms with Gasteiger partial charge in [0.1, 0.15) is 5.76 Å². The monoisotopic (exact) mass is 433 g/mol. The molecule has 0 saturated carbocycles. The molecule has 32 heavy (non-hydrogen) atoms. The van der Waals surface area contributed by atoms with Gasteiger partial charge in [-0.15, -0.1) is 0 Å². The van der Waals surface area contributed by atoms with Crippen LogP contribution < -0.4 is 0 Å². The number of carbonyl (C=O) groups excluding carboxylic acids is 1. The largest absolute Gasteiger partial charge is 0.483 e. The Morgan fingerprint density at radius 1 is 1.09 bits per heavy atom. The Morgan fingerprint density at radius 3 is 2.69 bits per heavy atom. The molecule has 0 radical (unpaired) electrons. The fourth-order valence-electron chi connectivity index (χ4n) is 4.91. The highest BCUT2D eigenvalue weighted by Crippen LogP contribution is 2.31. The molecular formula is C28H35NO3. The number of benzene rings is 1. The van der Waals surface area contributed by atoms with Crippen molar-refractivity contribution in [2.75, 3.05) is 19.7 Å². The summed E-state index contributed by atoms with van der Waals surface area (Å²) in [6.45, 7) is 1.87. The third kappa shape index (κ3) is 6.01. The number of amides is 1.